The van der Waals surface area contributed by atoms with Crippen molar-refractivity contribution in [2.24, 2.45) is 0 Å². The largest absolute Gasteiger partial charge is 0.479 e. The second-order valence-corrected chi connectivity index (χ2v) is 4.88. The SMILES string of the molecule is CC(=O)C(Br)c1c(CC#N)cccc1C(O)C(=O)O. The molecule has 1 aromatic rings. The smallest absolute Gasteiger partial charge is 0.337 e. The third kappa shape index (κ3) is 3.40. The van der Waals surface area contributed by atoms with E-state index in [0.29, 0.717) is 11.1 Å². The number of rotatable bonds is 5. The van der Waals surface area contributed by atoms with Crippen LogP contribution in [0.3, 0.4) is 0 Å². The Hall–Kier alpha value is -1.71. The Morgan fingerprint density at radius 2 is 2.11 bits per heavy atom. The van der Waals surface area contributed by atoms with Crippen molar-refractivity contribution < 1.29 is 19.8 Å². The molecule has 0 amide bonds. The molecule has 0 fully saturated rings. The fourth-order valence-corrected chi connectivity index (χ4v) is 2.31. The first-order valence-electron chi connectivity index (χ1n) is 5.44. The Bertz CT molecular complexity index is 550. The lowest BCUT2D eigenvalue weighted by atomic mass is 9.92. The lowest BCUT2D eigenvalue weighted by Crippen LogP contribution is -2.16. The van der Waals surface area contributed by atoms with Crippen LogP contribution in [0.15, 0.2) is 18.2 Å². The quantitative estimate of drug-likeness (QED) is 0.805. The van der Waals surface area contributed by atoms with E-state index in [-0.39, 0.29) is 17.8 Å². The maximum absolute atomic E-state index is 11.5. The second kappa shape index (κ2) is 6.45. The maximum atomic E-state index is 11.5. The number of nitriles is 1. The zero-order chi connectivity index (χ0) is 14.6. The molecule has 0 spiro atoms. The summed E-state index contributed by atoms with van der Waals surface area (Å²) >= 11 is 3.18. The Morgan fingerprint density at radius 3 is 2.58 bits per heavy atom. The first-order chi connectivity index (χ1) is 8.90. The van der Waals surface area contributed by atoms with E-state index in [0.717, 1.165) is 0 Å². The highest BCUT2D eigenvalue weighted by Crippen LogP contribution is 2.33. The van der Waals surface area contributed by atoms with Gasteiger partial charge >= 0.3 is 5.97 Å². The van der Waals surface area contributed by atoms with Gasteiger partial charge in [0.1, 0.15) is 5.78 Å². The molecule has 6 heteroatoms. The van der Waals surface area contributed by atoms with Crippen LogP contribution in [-0.2, 0) is 16.0 Å². The average molecular weight is 326 g/mol. The minimum absolute atomic E-state index is 0.0326. The van der Waals surface area contributed by atoms with Crippen molar-refractivity contribution >= 4 is 27.7 Å². The van der Waals surface area contributed by atoms with Crippen molar-refractivity contribution in [3.63, 3.8) is 0 Å². The van der Waals surface area contributed by atoms with Gasteiger partial charge in [-0.2, -0.15) is 5.26 Å². The van der Waals surface area contributed by atoms with Crippen molar-refractivity contribution in [3.8, 4) is 6.07 Å². The number of carbonyl (C=O) groups excluding carboxylic acids is 1. The third-order valence-corrected chi connectivity index (χ3v) is 3.74. The molecule has 0 bridgehead atoms. The van der Waals surface area contributed by atoms with Gasteiger partial charge < -0.3 is 10.2 Å². The number of ketones is 1. The summed E-state index contributed by atoms with van der Waals surface area (Å²) in [6.45, 7) is 1.35. The molecule has 5 nitrogen and oxygen atoms in total. The molecule has 2 unspecified atom stereocenters. The standard InChI is InChI=1S/C13H12BrNO4/c1-7(16)11(14)10-8(5-6-15)3-2-4-9(10)12(17)13(18)19/h2-4,11-12,17H,5H2,1H3,(H,18,19). The third-order valence-electron chi connectivity index (χ3n) is 2.64. The molecule has 0 aliphatic carbocycles. The molecule has 0 radical (unpaired) electrons. The number of halogens is 1. The minimum Gasteiger partial charge on any atom is -0.479 e. The monoisotopic (exact) mass is 325 g/mol. The van der Waals surface area contributed by atoms with Crippen LogP contribution in [0.25, 0.3) is 0 Å². The van der Waals surface area contributed by atoms with Gasteiger partial charge in [-0.05, 0) is 23.6 Å². The molecule has 1 aromatic carbocycles. The van der Waals surface area contributed by atoms with Crippen LogP contribution < -0.4 is 0 Å². The molecular formula is C13H12BrNO4. The van der Waals surface area contributed by atoms with Crippen LogP contribution in [0.2, 0.25) is 0 Å². The van der Waals surface area contributed by atoms with Crippen molar-refractivity contribution in [1.82, 2.24) is 0 Å². The van der Waals surface area contributed by atoms with Crippen LogP contribution in [0.4, 0.5) is 0 Å². The Morgan fingerprint density at radius 1 is 1.47 bits per heavy atom. The van der Waals surface area contributed by atoms with Gasteiger partial charge in [-0.25, -0.2) is 4.79 Å². The molecule has 0 saturated heterocycles. The van der Waals surface area contributed by atoms with E-state index >= 15 is 0 Å². The number of aliphatic carboxylic acids is 1. The van der Waals surface area contributed by atoms with Crippen LogP contribution in [-0.4, -0.2) is 22.0 Å². The number of alkyl halides is 1. The van der Waals surface area contributed by atoms with Crippen LogP contribution in [0.1, 0.15) is 34.5 Å². The molecule has 100 valence electrons. The van der Waals surface area contributed by atoms with Crippen molar-refractivity contribution in [3.05, 3.63) is 34.9 Å². The summed E-state index contributed by atoms with van der Waals surface area (Å²) in [6, 6.07) is 6.57. The fraction of sp³-hybridized carbons (Fsp3) is 0.308. The number of aliphatic hydroxyl groups excluding tert-OH is 1. The number of carboxylic acid groups (broad SMARTS) is 1. The van der Waals surface area contributed by atoms with E-state index < -0.39 is 16.9 Å². The topological polar surface area (TPSA) is 98.4 Å². The predicted molar refractivity (Wildman–Crippen MR) is 70.7 cm³/mol. The number of Topliss-reactive ketones (excluding diaryl/α,β-unsaturated/α-hetero) is 1. The number of hydrogen-bond donors (Lipinski definition) is 2. The Labute approximate surface area is 118 Å². The molecule has 1 rings (SSSR count). The van der Waals surface area contributed by atoms with Gasteiger partial charge in [-0.1, -0.05) is 34.1 Å². The summed E-state index contributed by atoms with van der Waals surface area (Å²) in [4.78, 5) is 21.6. The van der Waals surface area contributed by atoms with E-state index in [9.17, 15) is 14.7 Å². The fourth-order valence-electron chi connectivity index (χ4n) is 1.76. The summed E-state index contributed by atoms with van der Waals surface area (Å²) in [6.07, 6.45) is -1.70. The normalized spacial score (nSPS) is 13.4. The van der Waals surface area contributed by atoms with Crippen molar-refractivity contribution in [1.29, 1.82) is 5.26 Å². The zero-order valence-corrected chi connectivity index (χ0v) is 11.7. The van der Waals surface area contributed by atoms with Crippen molar-refractivity contribution in [2.45, 2.75) is 24.3 Å². The number of aliphatic hydroxyl groups is 1. The number of carbonyl (C=O) groups is 2. The lowest BCUT2D eigenvalue weighted by molar-refractivity contribution is -0.147. The van der Waals surface area contributed by atoms with Gasteiger partial charge in [0.05, 0.1) is 17.3 Å². The molecule has 2 atom stereocenters. The minimum atomic E-state index is -1.73. The zero-order valence-electron chi connectivity index (χ0n) is 10.1. The molecule has 0 saturated carbocycles. The van der Waals surface area contributed by atoms with E-state index in [4.69, 9.17) is 10.4 Å². The Kier molecular flexibility index (Phi) is 5.21. The van der Waals surface area contributed by atoms with E-state index in [1.165, 1.54) is 13.0 Å². The van der Waals surface area contributed by atoms with E-state index in [1.54, 1.807) is 12.1 Å². The van der Waals surface area contributed by atoms with Crippen LogP contribution in [0.5, 0.6) is 0 Å². The summed E-state index contributed by atoms with van der Waals surface area (Å²) in [5, 5.41) is 27.3. The van der Waals surface area contributed by atoms with Crippen molar-refractivity contribution in [2.75, 3.05) is 0 Å². The van der Waals surface area contributed by atoms with Gasteiger partial charge in [-0.15, -0.1) is 0 Å². The average Bonchev–Trinajstić information content (AvgIpc) is 2.37. The first-order valence-corrected chi connectivity index (χ1v) is 6.35. The molecule has 0 aromatic heterocycles. The number of carboxylic acids is 1. The molecular weight excluding hydrogens is 314 g/mol. The van der Waals surface area contributed by atoms with Gasteiger partial charge in [-0.3, -0.25) is 4.79 Å². The molecule has 0 heterocycles. The number of hydrogen-bond acceptors (Lipinski definition) is 4. The van der Waals surface area contributed by atoms with Gasteiger partial charge in [0.25, 0.3) is 0 Å². The van der Waals surface area contributed by atoms with E-state index in [2.05, 4.69) is 15.9 Å². The molecule has 2 N–H and O–H groups in total. The molecule has 0 aliphatic rings. The highest BCUT2D eigenvalue weighted by Gasteiger charge is 2.26. The maximum Gasteiger partial charge on any atom is 0.337 e. The number of nitrogens with zero attached hydrogens (tertiary/aromatic N) is 1. The number of benzene rings is 1. The van der Waals surface area contributed by atoms with Crippen LogP contribution in [0, 0.1) is 11.3 Å². The Balaban J connectivity index is 3.46. The summed E-state index contributed by atoms with van der Waals surface area (Å²) in [5.41, 5.74) is 1.00. The van der Waals surface area contributed by atoms with Gasteiger partial charge in [0.15, 0.2) is 6.10 Å². The molecule has 0 aliphatic heterocycles. The summed E-state index contributed by atoms with van der Waals surface area (Å²) in [5.74, 6) is -1.64. The first kappa shape index (κ1) is 15.3. The van der Waals surface area contributed by atoms with Gasteiger partial charge in [0.2, 0.25) is 0 Å². The van der Waals surface area contributed by atoms with E-state index in [1.807, 2.05) is 6.07 Å². The lowest BCUT2D eigenvalue weighted by Gasteiger charge is -2.18. The highest BCUT2D eigenvalue weighted by molar-refractivity contribution is 9.09. The molecule has 19 heavy (non-hydrogen) atoms. The second-order valence-electron chi connectivity index (χ2n) is 3.97. The summed E-state index contributed by atoms with van der Waals surface area (Å²) < 4.78 is 0. The van der Waals surface area contributed by atoms with Crippen LogP contribution >= 0.6 is 15.9 Å². The highest BCUT2D eigenvalue weighted by atomic mass is 79.9. The predicted octanol–water partition coefficient (Wildman–Crippen LogP) is 1.90. The van der Waals surface area contributed by atoms with Gasteiger partial charge in [0, 0.05) is 0 Å². The summed E-state index contributed by atoms with van der Waals surface area (Å²) in [7, 11) is 0.